The van der Waals surface area contributed by atoms with Crippen LogP contribution in [0.4, 0.5) is 5.69 Å². The number of para-hydroxylation sites is 1. The van der Waals surface area contributed by atoms with Crippen molar-refractivity contribution in [2.45, 2.75) is 13.0 Å². The van der Waals surface area contributed by atoms with Crippen molar-refractivity contribution < 1.29 is 23.9 Å². The van der Waals surface area contributed by atoms with Crippen LogP contribution in [0.25, 0.3) is 23.0 Å². The standard InChI is InChI=1S/C35H29N5O7S/c1-5-17-47-34(42)30-21(2)36-35-39(32(30)22-11-14-26(45-3)15-12-22)33(41)29(48-35)19-24-20-38(25-9-7-6-8-10-25)37-31(24)23-13-16-28(46-4)27(18-23)40(43)44/h5-16,18-20,32H,1,17H2,2-4H3. The van der Waals surface area contributed by atoms with Crippen LogP contribution in [0.3, 0.4) is 0 Å². The summed E-state index contributed by atoms with van der Waals surface area (Å²) in [6.45, 7) is 5.32. The highest BCUT2D eigenvalue weighted by Crippen LogP contribution is 2.34. The number of esters is 1. The van der Waals surface area contributed by atoms with Crippen molar-refractivity contribution >= 4 is 29.1 Å². The molecule has 0 saturated heterocycles. The Hall–Kier alpha value is -6.08. The van der Waals surface area contributed by atoms with Crippen LogP contribution in [0.2, 0.25) is 0 Å². The van der Waals surface area contributed by atoms with Crippen LogP contribution >= 0.6 is 11.3 Å². The quantitative estimate of drug-likeness (QED) is 0.0904. The fourth-order valence-corrected chi connectivity index (χ4v) is 6.49. The van der Waals surface area contributed by atoms with E-state index in [1.54, 1.807) is 61.3 Å². The molecule has 2 aromatic heterocycles. The first-order chi connectivity index (χ1) is 23.2. The first-order valence-corrected chi connectivity index (χ1v) is 15.5. The maximum Gasteiger partial charge on any atom is 0.338 e. The number of hydrogen-bond acceptors (Lipinski definition) is 10. The molecule has 3 aromatic carbocycles. The zero-order valence-electron chi connectivity index (χ0n) is 26.2. The van der Waals surface area contributed by atoms with Crippen LogP contribution < -0.4 is 24.4 Å². The summed E-state index contributed by atoms with van der Waals surface area (Å²) in [6.07, 6.45) is 4.90. The van der Waals surface area contributed by atoms with Gasteiger partial charge >= 0.3 is 11.7 Å². The number of carbonyl (C=O) groups excluding carboxylic acids is 1. The molecular weight excluding hydrogens is 634 g/mol. The Labute approximate surface area is 277 Å². The fourth-order valence-electron chi connectivity index (χ4n) is 5.45. The molecule has 1 aliphatic heterocycles. The summed E-state index contributed by atoms with van der Waals surface area (Å²) in [7, 11) is 2.92. The predicted octanol–water partition coefficient (Wildman–Crippen LogP) is 4.74. The Morgan fingerprint density at radius 1 is 1.08 bits per heavy atom. The molecule has 6 rings (SSSR count). The van der Waals surface area contributed by atoms with Gasteiger partial charge in [0.15, 0.2) is 10.6 Å². The van der Waals surface area contributed by atoms with E-state index in [0.717, 1.165) is 17.0 Å². The molecule has 0 amide bonds. The minimum atomic E-state index is -0.831. The summed E-state index contributed by atoms with van der Waals surface area (Å²) in [5.74, 6) is 0.112. The van der Waals surface area contributed by atoms with Gasteiger partial charge in [0.1, 0.15) is 18.1 Å². The van der Waals surface area contributed by atoms with Gasteiger partial charge in [-0.3, -0.25) is 19.5 Å². The van der Waals surface area contributed by atoms with Crippen LogP contribution in [0, 0.1) is 10.1 Å². The van der Waals surface area contributed by atoms with E-state index in [1.165, 1.54) is 29.9 Å². The lowest BCUT2D eigenvalue weighted by atomic mass is 9.96. The SMILES string of the molecule is C=CCOC(=O)C1=C(C)N=c2sc(=Cc3cn(-c4ccccc4)nc3-c3ccc(OC)c([N+](=O)[O-])c3)c(=O)n2C1c1ccc(OC)cc1. The molecule has 13 heteroatoms. The molecule has 242 valence electrons. The zero-order valence-corrected chi connectivity index (χ0v) is 27.0. The second kappa shape index (κ2) is 13.3. The maximum atomic E-state index is 14.3. The van der Waals surface area contributed by atoms with Gasteiger partial charge < -0.3 is 14.2 Å². The summed E-state index contributed by atoms with van der Waals surface area (Å²) < 4.78 is 19.4. The van der Waals surface area contributed by atoms with E-state index in [2.05, 4.69) is 11.6 Å². The lowest BCUT2D eigenvalue weighted by Crippen LogP contribution is -2.39. The van der Waals surface area contributed by atoms with Crippen LogP contribution in [0.1, 0.15) is 24.1 Å². The van der Waals surface area contributed by atoms with Crippen molar-refractivity contribution in [1.29, 1.82) is 0 Å². The number of nitro benzene ring substituents is 1. The topological polar surface area (TPSA) is 140 Å². The van der Waals surface area contributed by atoms with Crippen molar-refractivity contribution in [2.75, 3.05) is 20.8 Å². The van der Waals surface area contributed by atoms with Gasteiger partial charge in [0, 0.05) is 23.4 Å². The summed E-state index contributed by atoms with van der Waals surface area (Å²) in [4.78, 5) is 44.0. The van der Waals surface area contributed by atoms with Crippen LogP contribution in [0.5, 0.6) is 11.5 Å². The number of methoxy groups -OCH3 is 2. The van der Waals surface area contributed by atoms with Gasteiger partial charge in [0.2, 0.25) is 0 Å². The van der Waals surface area contributed by atoms with Crippen molar-refractivity contribution in [3.05, 3.63) is 144 Å². The second-order valence-electron chi connectivity index (χ2n) is 10.6. The molecule has 0 fully saturated rings. The molecule has 0 aliphatic carbocycles. The maximum absolute atomic E-state index is 14.3. The highest BCUT2D eigenvalue weighted by atomic mass is 32.1. The number of ether oxygens (including phenoxy) is 3. The van der Waals surface area contributed by atoms with E-state index in [-0.39, 0.29) is 29.2 Å². The molecular formula is C35H29N5O7S. The van der Waals surface area contributed by atoms with Gasteiger partial charge in [-0.1, -0.05) is 54.3 Å². The molecule has 0 radical (unpaired) electrons. The van der Waals surface area contributed by atoms with Gasteiger partial charge in [-0.05, 0) is 55.0 Å². The van der Waals surface area contributed by atoms with Gasteiger partial charge in [-0.15, -0.1) is 0 Å². The first kappa shape index (κ1) is 31.9. The number of fused-ring (bicyclic) bond motifs is 1. The minimum absolute atomic E-state index is 0.00688. The van der Waals surface area contributed by atoms with Crippen molar-refractivity contribution in [3.8, 4) is 28.4 Å². The van der Waals surface area contributed by atoms with Crippen molar-refractivity contribution in [1.82, 2.24) is 14.3 Å². The Morgan fingerprint density at radius 2 is 1.83 bits per heavy atom. The smallest absolute Gasteiger partial charge is 0.338 e. The van der Waals surface area contributed by atoms with E-state index in [1.807, 2.05) is 30.3 Å². The normalized spacial score (nSPS) is 14.2. The number of thiazole rings is 1. The van der Waals surface area contributed by atoms with Crippen LogP contribution in [-0.2, 0) is 9.53 Å². The molecule has 12 nitrogen and oxygen atoms in total. The number of nitro groups is 1. The highest BCUT2D eigenvalue weighted by molar-refractivity contribution is 7.07. The average Bonchev–Trinajstić information content (AvgIpc) is 3.66. The molecule has 1 atom stereocenters. The molecule has 1 unspecified atom stereocenters. The monoisotopic (exact) mass is 663 g/mol. The van der Waals surface area contributed by atoms with Gasteiger partial charge in [0.25, 0.3) is 5.56 Å². The van der Waals surface area contributed by atoms with Crippen LogP contribution in [0.15, 0.2) is 113 Å². The number of rotatable bonds is 10. The van der Waals surface area contributed by atoms with Crippen molar-refractivity contribution in [2.24, 2.45) is 4.99 Å². The lowest BCUT2D eigenvalue weighted by Gasteiger charge is -2.24. The third kappa shape index (κ3) is 5.94. The van der Waals surface area contributed by atoms with E-state index in [4.69, 9.17) is 19.3 Å². The van der Waals surface area contributed by atoms with Gasteiger partial charge in [-0.2, -0.15) is 5.10 Å². The third-order valence-corrected chi connectivity index (χ3v) is 8.69. The molecule has 0 N–H and O–H groups in total. The predicted molar refractivity (Wildman–Crippen MR) is 180 cm³/mol. The molecule has 0 spiro atoms. The largest absolute Gasteiger partial charge is 0.497 e. The molecule has 0 bridgehead atoms. The minimum Gasteiger partial charge on any atom is -0.497 e. The Kier molecular flexibility index (Phi) is 8.86. The Bertz CT molecular complexity index is 2270. The summed E-state index contributed by atoms with van der Waals surface area (Å²) >= 11 is 1.16. The molecule has 48 heavy (non-hydrogen) atoms. The zero-order chi connectivity index (χ0) is 33.9. The van der Waals surface area contributed by atoms with E-state index in [9.17, 15) is 19.7 Å². The van der Waals surface area contributed by atoms with Crippen LogP contribution in [-0.4, -0.2) is 46.1 Å². The Balaban J connectivity index is 1.56. The second-order valence-corrected chi connectivity index (χ2v) is 11.6. The van der Waals surface area contributed by atoms with Crippen molar-refractivity contribution in [3.63, 3.8) is 0 Å². The summed E-state index contributed by atoms with van der Waals surface area (Å²) in [5.41, 5.74) is 2.84. The van der Waals surface area contributed by atoms with Gasteiger partial charge in [-0.25, -0.2) is 14.5 Å². The molecule has 0 saturated carbocycles. The lowest BCUT2D eigenvalue weighted by molar-refractivity contribution is -0.385. The third-order valence-electron chi connectivity index (χ3n) is 7.70. The highest BCUT2D eigenvalue weighted by Gasteiger charge is 2.33. The Morgan fingerprint density at radius 3 is 2.50 bits per heavy atom. The number of benzene rings is 3. The average molecular weight is 664 g/mol. The fraction of sp³-hybridized carbons (Fsp3) is 0.143. The van der Waals surface area contributed by atoms with Gasteiger partial charge in [0.05, 0.1) is 46.7 Å². The summed E-state index contributed by atoms with van der Waals surface area (Å²) in [6, 6.07) is 20.2. The molecule has 1 aliphatic rings. The molecule has 5 aromatic rings. The van der Waals surface area contributed by atoms with E-state index < -0.39 is 16.9 Å². The number of carbonyl (C=O) groups is 1. The number of nitrogens with zero attached hydrogens (tertiary/aromatic N) is 5. The first-order valence-electron chi connectivity index (χ1n) is 14.7. The summed E-state index contributed by atoms with van der Waals surface area (Å²) in [5, 5.41) is 16.6. The number of allylic oxidation sites excluding steroid dienone is 1. The molecule has 3 heterocycles. The van der Waals surface area contributed by atoms with E-state index in [0.29, 0.717) is 43.2 Å². The van der Waals surface area contributed by atoms with E-state index >= 15 is 0 Å². The number of hydrogen-bond donors (Lipinski definition) is 0. The number of aromatic nitrogens is 3.